The zero-order chi connectivity index (χ0) is 20.2. The van der Waals surface area contributed by atoms with Gasteiger partial charge in [-0.25, -0.2) is 20.0 Å². The predicted octanol–water partition coefficient (Wildman–Crippen LogP) is 3.63. The highest BCUT2D eigenvalue weighted by Crippen LogP contribution is 2.09. The van der Waals surface area contributed by atoms with Crippen LogP contribution < -0.4 is 5.43 Å². The Balaban J connectivity index is 1.97. The van der Waals surface area contributed by atoms with Gasteiger partial charge in [0.2, 0.25) is 0 Å². The molecule has 150 valence electrons. The van der Waals surface area contributed by atoms with E-state index >= 15 is 0 Å². The van der Waals surface area contributed by atoms with Crippen molar-refractivity contribution in [3.63, 3.8) is 0 Å². The summed E-state index contributed by atoms with van der Waals surface area (Å²) in [5, 5.41) is 10.6. The number of nitrogens with zero attached hydrogens (tertiary/aromatic N) is 1. The van der Waals surface area contributed by atoms with E-state index in [1.807, 2.05) is 67.6 Å². The van der Waals surface area contributed by atoms with E-state index in [1.165, 1.54) is 0 Å². The van der Waals surface area contributed by atoms with Crippen LogP contribution in [0.15, 0.2) is 60.7 Å². The molecule has 0 saturated heterocycles. The lowest BCUT2D eigenvalue weighted by Crippen LogP contribution is -2.53. The third-order valence-corrected chi connectivity index (χ3v) is 4.02. The molecule has 1 unspecified atom stereocenters. The number of amides is 2. The van der Waals surface area contributed by atoms with Crippen molar-refractivity contribution in [2.75, 3.05) is 6.61 Å². The summed E-state index contributed by atoms with van der Waals surface area (Å²) >= 11 is 0. The molecule has 0 aliphatic heterocycles. The van der Waals surface area contributed by atoms with E-state index in [1.54, 1.807) is 0 Å². The van der Waals surface area contributed by atoms with Gasteiger partial charge in [0.1, 0.15) is 13.2 Å². The number of ether oxygens (including phenoxy) is 2. The Morgan fingerprint density at radius 2 is 1.50 bits per heavy atom. The molecule has 0 aromatic heterocycles. The van der Waals surface area contributed by atoms with Gasteiger partial charge < -0.3 is 14.6 Å². The fourth-order valence-corrected chi connectivity index (χ4v) is 2.56. The van der Waals surface area contributed by atoms with Gasteiger partial charge in [-0.15, -0.1) is 0 Å². The largest absolute Gasteiger partial charge is 0.443 e. The van der Waals surface area contributed by atoms with Crippen molar-refractivity contribution in [1.82, 2.24) is 10.4 Å². The lowest BCUT2D eigenvalue weighted by atomic mass is 10.2. The minimum atomic E-state index is -0.796. The highest BCUT2D eigenvalue weighted by atomic mass is 16.6. The summed E-state index contributed by atoms with van der Waals surface area (Å²) in [6.07, 6.45) is -0.340. The SMILES string of the molecule is CCCC(CO)N(NC(=O)OCc1ccccc1)C(=O)OCc1ccccc1. The van der Waals surface area contributed by atoms with Crippen LogP contribution in [-0.4, -0.2) is 35.0 Å². The van der Waals surface area contributed by atoms with E-state index in [0.717, 1.165) is 16.1 Å². The van der Waals surface area contributed by atoms with E-state index in [2.05, 4.69) is 5.43 Å². The van der Waals surface area contributed by atoms with Crippen LogP contribution in [0.1, 0.15) is 30.9 Å². The summed E-state index contributed by atoms with van der Waals surface area (Å²) in [5.41, 5.74) is 4.04. The fraction of sp³-hybridized carbons (Fsp3) is 0.333. The van der Waals surface area contributed by atoms with Crippen LogP contribution in [0.2, 0.25) is 0 Å². The number of hydrogen-bond donors (Lipinski definition) is 2. The number of aliphatic hydroxyl groups is 1. The first kappa shape index (κ1) is 21.2. The molecule has 1 atom stereocenters. The molecule has 0 fully saturated rings. The van der Waals surface area contributed by atoms with Crippen molar-refractivity contribution >= 4 is 12.2 Å². The number of hydrogen-bond acceptors (Lipinski definition) is 5. The molecule has 0 spiro atoms. The van der Waals surface area contributed by atoms with Gasteiger partial charge in [-0.05, 0) is 17.5 Å². The third-order valence-electron chi connectivity index (χ3n) is 4.02. The normalized spacial score (nSPS) is 11.4. The molecule has 7 nitrogen and oxygen atoms in total. The molecule has 2 N–H and O–H groups in total. The third kappa shape index (κ3) is 6.92. The molecule has 0 aliphatic carbocycles. The Bertz CT molecular complexity index is 724. The van der Waals surface area contributed by atoms with Crippen LogP contribution in [0.4, 0.5) is 9.59 Å². The summed E-state index contributed by atoms with van der Waals surface area (Å²) in [5.74, 6) is 0. The highest BCUT2D eigenvalue weighted by molar-refractivity contribution is 5.74. The molecule has 0 saturated carbocycles. The van der Waals surface area contributed by atoms with Crippen LogP contribution >= 0.6 is 0 Å². The molecule has 2 aromatic rings. The van der Waals surface area contributed by atoms with Crippen LogP contribution in [0.3, 0.4) is 0 Å². The van der Waals surface area contributed by atoms with Gasteiger partial charge in [0.05, 0.1) is 12.6 Å². The Labute approximate surface area is 164 Å². The monoisotopic (exact) mass is 386 g/mol. The molecule has 2 rings (SSSR count). The first-order chi connectivity index (χ1) is 13.6. The number of aliphatic hydroxyl groups excluding tert-OH is 1. The van der Waals surface area contributed by atoms with Crippen molar-refractivity contribution in [2.45, 2.75) is 39.0 Å². The van der Waals surface area contributed by atoms with Gasteiger partial charge in [-0.2, -0.15) is 0 Å². The molecule has 0 radical (unpaired) electrons. The molecule has 2 aromatic carbocycles. The maximum Gasteiger partial charge on any atom is 0.429 e. The van der Waals surface area contributed by atoms with Crippen molar-refractivity contribution in [3.05, 3.63) is 71.8 Å². The molecule has 28 heavy (non-hydrogen) atoms. The summed E-state index contributed by atoms with van der Waals surface area (Å²) in [6.45, 7) is 1.73. The van der Waals surface area contributed by atoms with Gasteiger partial charge in [0, 0.05) is 0 Å². The van der Waals surface area contributed by atoms with Crippen molar-refractivity contribution in [3.8, 4) is 0 Å². The summed E-state index contributed by atoms with van der Waals surface area (Å²) in [4.78, 5) is 24.7. The molecule has 7 heteroatoms. The first-order valence-corrected chi connectivity index (χ1v) is 9.22. The van der Waals surface area contributed by atoms with E-state index < -0.39 is 18.2 Å². The topological polar surface area (TPSA) is 88.1 Å². The fourth-order valence-electron chi connectivity index (χ4n) is 2.56. The van der Waals surface area contributed by atoms with Crippen LogP contribution in [-0.2, 0) is 22.7 Å². The summed E-state index contributed by atoms with van der Waals surface area (Å²) in [7, 11) is 0. The van der Waals surface area contributed by atoms with E-state index in [0.29, 0.717) is 12.8 Å². The average Bonchev–Trinajstić information content (AvgIpc) is 2.74. The Morgan fingerprint density at radius 3 is 2.00 bits per heavy atom. The zero-order valence-corrected chi connectivity index (χ0v) is 15.9. The maximum atomic E-state index is 12.5. The van der Waals surface area contributed by atoms with Gasteiger partial charge in [0.15, 0.2) is 0 Å². The summed E-state index contributed by atoms with van der Waals surface area (Å²) < 4.78 is 10.5. The number of benzene rings is 2. The minimum absolute atomic E-state index is 0.0567. The number of rotatable bonds is 8. The smallest absolute Gasteiger partial charge is 0.429 e. The zero-order valence-electron chi connectivity index (χ0n) is 15.9. The van der Waals surface area contributed by atoms with Crippen molar-refractivity contribution in [2.24, 2.45) is 0 Å². The molecule has 0 heterocycles. The maximum absolute atomic E-state index is 12.5. The van der Waals surface area contributed by atoms with Crippen LogP contribution in [0.25, 0.3) is 0 Å². The second-order valence-electron chi connectivity index (χ2n) is 6.21. The lowest BCUT2D eigenvalue weighted by molar-refractivity contribution is 0.0298. The first-order valence-electron chi connectivity index (χ1n) is 9.22. The van der Waals surface area contributed by atoms with Crippen LogP contribution in [0.5, 0.6) is 0 Å². The summed E-state index contributed by atoms with van der Waals surface area (Å²) in [6, 6.07) is 17.8. The number of hydrazine groups is 1. The van der Waals surface area contributed by atoms with Gasteiger partial charge in [-0.3, -0.25) is 0 Å². The second kappa shape index (κ2) is 11.6. The van der Waals surface area contributed by atoms with E-state index in [9.17, 15) is 14.7 Å². The molecular formula is C21H26N2O5. The molecule has 2 amide bonds. The second-order valence-corrected chi connectivity index (χ2v) is 6.21. The molecule has 0 aliphatic rings. The van der Waals surface area contributed by atoms with E-state index in [4.69, 9.17) is 9.47 Å². The molecule has 0 bridgehead atoms. The highest BCUT2D eigenvalue weighted by Gasteiger charge is 2.26. The molecular weight excluding hydrogens is 360 g/mol. The van der Waals surface area contributed by atoms with Gasteiger partial charge >= 0.3 is 12.2 Å². The average molecular weight is 386 g/mol. The Kier molecular flexibility index (Phi) is 8.81. The minimum Gasteiger partial charge on any atom is -0.443 e. The van der Waals surface area contributed by atoms with Crippen molar-refractivity contribution < 1.29 is 24.2 Å². The number of carbonyl (C=O) groups excluding carboxylic acids is 2. The number of carbonyl (C=O) groups is 2. The predicted molar refractivity (Wildman–Crippen MR) is 104 cm³/mol. The number of nitrogens with one attached hydrogen (secondary N) is 1. The Hall–Kier alpha value is -3.06. The van der Waals surface area contributed by atoms with Crippen LogP contribution in [0, 0.1) is 0 Å². The Morgan fingerprint density at radius 1 is 0.964 bits per heavy atom. The van der Waals surface area contributed by atoms with Gasteiger partial charge in [0.25, 0.3) is 0 Å². The van der Waals surface area contributed by atoms with Gasteiger partial charge in [-0.1, -0.05) is 74.0 Å². The standard InChI is InChI=1S/C21H26N2O5/c1-2-9-19(14-24)23(21(26)28-16-18-12-7-4-8-13-18)22-20(25)27-15-17-10-5-3-6-11-17/h3-8,10-13,19,24H,2,9,14-16H2,1H3,(H,22,25). The quantitative estimate of drug-likeness (QED) is 0.677. The van der Waals surface area contributed by atoms with E-state index in [-0.39, 0.29) is 19.8 Å². The van der Waals surface area contributed by atoms with Crippen molar-refractivity contribution in [1.29, 1.82) is 0 Å². The lowest BCUT2D eigenvalue weighted by Gasteiger charge is -2.29.